The van der Waals surface area contributed by atoms with Crippen LogP contribution < -0.4 is 15.4 Å². The molecule has 2 aliphatic heterocycles. The first-order chi connectivity index (χ1) is 15.3. The molecule has 10 heteroatoms. The van der Waals surface area contributed by atoms with Gasteiger partial charge in [0.05, 0.1) is 28.4 Å². The third kappa shape index (κ3) is 4.33. The van der Waals surface area contributed by atoms with Crippen LogP contribution in [0.5, 0.6) is 5.75 Å². The average Bonchev–Trinajstić information content (AvgIpc) is 2.79. The van der Waals surface area contributed by atoms with E-state index in [0.29, 0.717) is 48.5 Å². The summed E-state index contributed by atoms with van der Waals surface area (Å²) in [4.78, 5) is 28.9. The molecular formula is C22H26N4O5S. The first kappa shape index (κ1) is 22.2. The lowest BCUT2D eigenvalue weighted by atomic mass is 9.99. The van der Waals surface area contributed by atoms with Crippen LogP contribution in [0.4, 0.5) is 11.4 Å². The zero-order valence-electron chi connectivity index (χ0n) is 18.0. The molecule has 1 aromatic heterocycles. The summed E-state index contributed by atoms with van der Waals surface area (Å²) < 4.78 is 34.0. The molecule has 1 fully saturated rings. The van der Waals surface area contributed by atoms with Gasteiger partial charge in [0.2, 0.25) is 15.9 Å². The van der Waals surface area contributed by atoms with Gasteiger partial charge in [-0.2, -0.15) is 4.31 Å². The Morgan fingerprint density at radius 3 is 2.91 bits per heavy atom. The van der Waals surface area contributed by atoms with Gasteiger partial charge >= 0.3 is 0 Å². The van der Waals surface area contributed by atoms with Crippen LogP contribution >= 0.6 is 0 Å². The number of nitrogens with one attached hydrogen (secondary N) is 2. The Labute approximate surface area is 187 Å². The van der Waals surface area contributed by atoms with Crippen LogP contribution in [0.15, 0.2) is 41.6 Å². The highest BCUT2D eigenvalue weighted by Gasteiger charge is 2.36. The number of sulfonamides is 1. The van der Waals surface area contributed by atoms with Crippen molar-refractivity contribution >= 4 is 33.2 Å². The topological polar surface area (TPSA) is 118 Å². The van der Waals surface area contributed by atoms with Crippen molar-refractivity contribution in [3.63, 3.8) is 0 Å². The molecule has 2 N–H and O–H groups in total. The number of hydrogen-bond donors (Lipinski definition) is 2. The van der Waals surface area contributed by atoms with Crippen molar-refractivity contribution in [1.82, 2.24) is 9.29 Å². The molecule has 2 aromatic rings. The second-order valence-electron chi connectivity index (χ2n) is 8.05. The Hall–Kier alpha value is -2.98. The lowest BCUT2D eigenvalue weighted by molar-refractivity contribution is -0.123. The van der Waals surface area contributed by atoms with Gasteiger partial charge in [0.25, 0.3) is 5.91 Å². The van der Waals surface area contributed by atoms with Crippen LogP contribution in [-0.4, -0.2) is 48.7 Å². The summed E-state index contributed by atoms with van der Waals surface area (Å²) >= 11 is 0. The number of pyridine rings is 1. The molecule has 0 bridgehead atoms. The average molecular weight is 459 g/mol. The number of hydrogen-bond acceptors (Lipinski definition) is 6. The molecule has 0 aliphatic carbocycles. The van der Waals surface area contributed by atoms with Crippen molar-refractivity contribution in [2.75, 3.05) is 23.7 Å². The van der Waals surface area contributed by atoms with Gasteiger partial charge in [-0.05, 0) is 49.9 Å². The van der Waals surface area contributed by atoms with Crippen molar-refractivity contribution in [2.45, 2.75) is 44.1 Å². The van der Waals surface area contributed by atoms with Crippen molar-refractivity contribution in [1.29, 1.82) is 0 Å². The van der Waals surface area contributed by atoms with Gasteiger partial charge in [-0.3, -0.25) is 14.6 Å². The van der Waals surface area contributed by atoms with Crippen molar-refractivity contribution < 1.29 is 22.7 Å². The first-order valence-corrected chi connectivity index (χ1v) is 12.1. The summed E-state index contributed by atoms with van der Waals surface area (Å²) in [6.45, 7) is 3.94. The Morgan fingerprint density at radius 1 is 1.38 bits per heavy atom. The number of benzene rings is 1. The molecule has 2 atom stereocenters. The van der Waals surface area contributed by atoms with Crippen LogP contribution in [0.3, 0.4) is 0 Å². The maximum absolute atomic E-state index is 13.5. The van der Waals surface area contributed by atoms with Crippen molar-refractivity contribution in [3.05, 3.63) is 42.2 Å². The van der Waals surface area contributed by atoms with E-state index in [-0.39, 0.29) is 23.3 Å². The van der Waals surface area contributed by atoms with Crippen LogP contribution in [-0.2, 0) is 19.6 Å². The van der Waals surface area contributed by atoms with E-state index in [2.05, 4.69) is 15.6 Å². The maximum Gasteiger partial charge on any atom is 0.265 e. The van der Waals surface area contributed by atoms with Gasteiger partial charge in [-0.15, -0.1) is 0 Å². The quantitative estimate of drug-likeness (QED) is 0.711. The molecule has 2 amide bonds. The highest BCUT2D eigenvalue weighted by Crippen LogP contribution is 2.36. The molecule has 0 unspecified atom stereocenters. The van der Waals surface area contributed by atoms with Crippen molar-refractivity contribution in [2.24, 2.45) is 5.92 Å². The Balaban J connectivity index is 1.55. The summed E-state index contributed by atoms with van der Waals surface area (Å²) in [5.74, 6) is -0.592. The van der Waals surface area contributed by atoms with E-state index in [0.717, 1.165) is 0 Å². The number of amides is 2. The molecule has 1 saturated heterocycles. The number of rotatable bonds is 5. The molecule has 170 valence electrons. The zero-order valence-corrected chi connectivity index (χ0v) is 18.8. The van der Waals surface area contributed by atoms with Gasteiger partial charge < -0.3 is 15.4 Å². The Morgan fingerprint density at radius 2 is 2.19 bits per heavy atom. The molecule has 32 heavy (non-hydrogen) atoms. The van der Waals surface area contributed by atoms with E-state index in [1.165, 1.54) is 10.4 Å². The number of carbonyl (C=O) groups excluding carboxylic acids is 2. The standard InChI is InChI=1S/C22H26N4O5S/c1-3-18-22(28)25-17-10-14(2)20(11-19(17)31-18)32(29,30)26-9-5-6-15(13-26)21(27)24-16-7-4-8-23-12-16/h4,7-8,10-12,15,18H,3,5-6,9,13H2,1-2H3,(H,24,27)(H,25,28)/t15-,18+/m0/s1. The largest absolute Gasteiger partial charge is 0.478 e. The third-order valence-electron chi connectivity index (χ3n) is 5.77. The van der Waals surface area contributed by atoms with E-state index >= 15 is 0 Å². The van der Waals surface area contributed by atoms with Gasteiger partial charge in [0, 0.05) is 25.4 Å². The number of aromatic nitrogens is 1. The smallest absolute Gasteiger partial charge is 0.265 e. The molecular weight excluding hydrogens is 432 g/mol. The highest BCUT2D eigenvalue weighted by atomic mass is 32.2. The summed E-state index contributed by atoms with van der Waals surface area (Å²) in [5.41, 5.74) is 1.54. The molecule has 2 aliphatic rings. The molecule has 9 nitrogen and oxygen atoms in total. The fraction of sp³-hybridized carbons (Fsp3) is 0.409. The minimum absolute atomic E-state index is 0.0974. The predicted molar refractivity (Wildman–Crippen MR) is 119 cm³/mol. The van der Waals surface area contributed by atoms with E-state index in [1.807, 2.05) is 6.92 Å². The van der Waals surface area contributed by atoms with Crippen LogP contribution in [0.25, 0.3) is 0 Å². The van der Waals surface area contributed by atoms with Crippen LogP contribution in [0.2, 0.25) is 0 Å². The lowest BCUT2D eigenvalue weighted by Gasteiger charge is -2.32. The van der Waals surface area contributed by atoms with Gasteiger partial charge in [-0.1, -0.05) is 6.92 Å². The number of piperidine rings is 1. The van der Waals surface area contributed by atoms with Gasteiger partial charge in [0.1, 0.15) is 5.75 Å². The predicted octanol–water partition coefficient (Wildman–Crippen LogP) is 2.54. The summed E-state index contributed by atoms with van der Waals surface area (Å²) in [7, 11) is -3.85. The highest BCUT2D eigenvalue weighted by molar-refractivity contribution is 7.89. The molecule has 3 heterocycles. The fourth-order valence-electron chi connectivity index (χ4n) is 4.03. The minimum Gasteiger partial charge on any atom is -0.478 e. The third-order valence-corrected chi connectivity index (χ3v) is 7.78. The number of aryl methyl sites for hydroxylation is 1. The molecule has 0 radical (unpaired) electrons. The van der Waals surface area contributed by atoms with Gasteiger partial charge in [0.15, 0.2) is 6.10 Å². The molecule has 0 saturated carbocycles. The first-order valence-electron chi connectivity index (χ1n) is 10.6. The Bertz CT molecular complexity index is 1140. The molecule has 4 rings (SSSR count). The number of carbonyl (C=O) groups is 2. The fourth-order valence-corrected chi connectivity index (χ4v) is 5.77. The molecule has 0 spiro atoms. The number of nitrogens with zero attached hydrogens (tertiary/aromatic N) is 2. The zero-order chi connectivity index (χ0) is 22.9. The monoisotopic (exact) mass is 458 g/mol. The van der Waals surface area contributed by atoms with Gasteiger partial charge in [-0.25, -0.2) is 8.42 Å². The van der Waals surface area contributed by atoms with Crippen molar-refractivity contribution in [3.8, 4) is 5.75 Å². The lowest BCUT2D eigenvalue weighted by Crippen LogP contribution is -2.44. The number of ether oxygens (including phenoxy) is 1. The maximum atomic E-state index is 13.5. The summed E-state index contributed by atoms with van der Waals surface area (Å²) in [6, 6.07) is 6.55. The summed E-state index contributed by atoms with van der Waals surface area (Å²) in [5, 5.41) is 5.58. The van der Waals surface area contributed by atoms with E-state index in [9.17, 15) is 18.0 Å². The number of fused-ring (bicyclic) bond motifs is 1. The normalized spacial score (nSPS) is 21.2. The van der Waals surface area contributed by atoms with E-state index in [1.54, 1.807) is 37.5 Å². The number of anilines is 2. The SMILES string of the molecule is CC[C@H]1Oc2cc(S(=O)(=O)N3CCC[C@H](C(=O)Nc4cccnc4)C3)c(C)cc2NC1=O. The summed E-state index contributed by atoms with van der Waals surface area (Å²) in [6.07, 6.45) is 4.17. The Kier molecular flexibility index (Phi) is 6.16. The second kappa shape index (κ2) is 8.87. The van der Waals surface area contributed by atoms with Crippen LogP contribution in [0.1, 0.15) is 31.7 Å². The molecule has 1 aromatic carbocycles. The second-order valence-corrected chi connectivity index (χ2v) is 9.96. The van der Waals surface area contributed by atoms with E-state index < -0.39 is 22.0 Å². The van der Waals surface area contributed by atoms with Crippen LogP contribution in [0, 0.1) is 12.8 Å². The van der Waals surface area contributed by atoms with E-state index in [4.69, 9.17) is 4.74 Å². The minimum atomic E-state index is -3.85.